The molecule has 0 aromatic carbocycles. The van der Waals surface area contributed by atoms with E-state index in [2.05, 4.69) is 37.2 Å². The van der Waals surface area contributed by atoms with Crippen LogP contribution in [0.2, 0.25) is 0 Å². The van der Waals surface area contributed by atoms with E-state index in [9.17, 15) is 8.78 Å². The summed E-state index contributed by atoms with van der Waals surface area (Å²) in [6.45, 7) is 0.201. The fourth-order valence-electron chi connectivity index (χ4n) is 0.811. The quantitative estimate of drug-likeness (QED) is 0.886. The van der Waals surface area contributed by atoms with Gasteiger partial charge >= 0.3 is 0 Å². The van der Waals surface area contributed by atoms with Crippen LogP contribution in [0.25, 0.3) is 0 Å². The fourth-order valence-corrected chi connectivity index (χ4v) is 3.64. The lowest BCUT2D eigenvalue weighted by Crippen LogP contribution is -2.20. The van der Waals surface area contributed by atoms with E-state index in [0.717, 1.165) is 13.1 Å². The van der Waals surface area contributed by atoms with Gasteiger partial charge in [0.25, 0.3) is 6.43 Å². The third-order valence-corrected chi connectivity index (χ3v) is 3.81. The zero-order valence-corrected chi connectivity index (χ0v) is 10.5. The second-order valence-electron chi connectivity index (χ2n) is 2.37. The lowest BCUT2D eigenvalue weighted by atomic mass is 10.3. The second-order valence-corrected chi connectivity index (χ2v) is 6.12. The van der Waals surface area contributed by atoms with Crippen molar-refractivity contribution in [3.63, 3.8) is 0 Å². The Labute approximate surface area is 95.8 Å². The molecule has 0 unspecified atom stereocenters. The Bertz CT molecular complexity index is 277. The number of hydrogen-bond donors (Lipinski definition) is 1. The molecule has 0 radical (unpaired) electrons. The lowest BCUT2D eigenvalue weighted by molar-refractivity contribution is 0.145. The zero-order chi connectivity index (χ0) is 9.84. The first-order valence-corrected chi connectivity index (χ1v) is 5.92. The molecule has 1 N–H and O–H groups in total. The van der Waals surface area contributed by atoms with Gasteiger partial charge in [0, 0.05) is 6.54 Å². The smallest absolute Gasteiger partial charge is 0.250 e. The third-order valence-electron chi connectivity index (χ3n) is 1.34. The van der Waals surface area contributed by atoms with E-state index >= 15 is 0 Å². The summed E-state index contributed by atoms with van der Waals surface area (Å²) in [5, 5.41) is 2.66. The van der Waals surface area contributed by atoms with E-state index in [0.29, 0.717) is 6.54 Å². The molecule has 0 saturated heterocycles. The highest BCUT2D eigenvalue weighted by atomic mass is 79.9. The van der Waals surface area contributed by atoms with Crippen LogP contribution in [0.4, 0.5) is 8.78 Å². The van der Waals surface area contributed by atoms with Crippen molar-refractivity contribution < 1.29 is 8.78 Å². The van der Waals surface area contributed by atoms with Crippen molar-refractivity contribution in [3.05, 3.63) is 19.2 Å². The summed E-state index contributed by atoms with van der Waals surface area (Å²) in [5.74, 6) is 0. The standard InChI is InChI=1S/C7H7Br2F2NS/c8-5-1-4(7(9)13-5)2-12-3-6(10)11/h1,6,12H,2-3H2. The number of hydrogen-bond acceptors (Lipinski definition) is 2. The van der Waals surface area contributed by atoms with Crippen LogP contribution in [-0.2, 0) is 6.54 Å². The van der Waals surface area contributed by atoms with Crippen LogP contribution < -0.4 is 5.32 Å². The van der Waals surface area contributed by atoms with Crippen LogP contribution in [0.5, 0.6) is 0 Å². The van der Waals surface area contributed by atoms with E-state index in [1.165, 1.54) is 11.3 Å². The Balaban J connectivity index is 2.40. The Hall–Kier alpha value is 0.480. The minimum atomic E-state index is -2.29. The van der Waals surface area contributed by atoms with E-state index in [1.54, 1.807) is 0 Å². The van der Waals surface area contributed by atoms with Gasteiger partial charge in [-0.3, -0.25) is 0 Å². The van der Waals surface area contributed by atoms with Gasteiger partial charge in [-0.25, -0.2) is 8.78 Å². The SMILES string of the molecule is FC(F)CNCc1cc(Br)sc1Br. The Morgan fingerprint density at radius 1 is 1.46 bits per heavy atom. The average Bonchev–Trinajstić information content (AvgIpc) is 2.29. The maximum Gasteiger partial charge on any atom is 0.250 e. The van der Waals surface area contributed by atoms with Crippen LogP contribution in [0, 0.1) is 0 Å². The maximum atomic E-state index is 11.8. The van der Waals surface area contributed by atoms with Crippen molar-refractivity contribution in [3.8, 4) is 0 Å². The highest BCUT2D eigenvalue weighted by Gasteiger charge is 2.06. The molecule has 0 saturated carbocycles. The van der Waals surface area contributed by atoms with Crippen LogP contribution in [0.3, 0.4) is 0 Å². The summed E-state index contributed by atoms with van der Waals surface area (Å²) < 4.78 is 25.5. The summed E-state index contributed by atoms with van der Waals surface area (Å²) in [6, 6.07) is 1.91. The minimum absolute atomic E-state index is 0.264. The third kappa shape index (κ3) is 4.01. The van der Waals surface area contributed by atoms with Crippen molar-refractivity contribution in [1.29, 1.82) is 0 Å². The highest BCUT2D eigenvalue weighted by Crippen LogP contribution is 2.31. The van der Waals surface area contributed by atoms with Crippen LogP contribution in [-0.4, -0.2) is 13.0 Å². The molecule has 0 aliphatic heterocycles. The van der Waals surface area contributed by atoms with E-state index in [1.807, 2.05) is 6.07 Å². The number of rotatable bonds is 4. The normalized spacial score (nSPS) is 11.2. The molecule has 1 aromatic heterocycles. The first kappa shape index (κ1) is 11.6. The zero-order valence-electron chi connectivity index (χ0n) is 6.49. The largest absolute Gasteiger partial charge is 0.307 e. The van der Waals surface area contributed by atoms with Gasteiger partial charge in [-0.1, -0.05) is 0 Å². The molecule has 0 bridgehead atoms. The number of nitrogens with one attached hydrogen (secondary N) is 1. The van der Waals surface area contributed by atoms with Gasteiger partial charge in [0.2, 0.25) is 0 Å². The topological polar surface area (TPSA) is 12.0 Å². The minimum Gasteiger partial charge on any atom is -0.307 e. The van der Waals surface area contributed by atoms with Gasteiger partial charge in [-0.15, -0.1) is 11.3 Å². The van der Waals surface area contributed by atoms with E-state index < -0.39 is 6.43 Å². The first-order valence-electron chi connectivity index (χ1n) is 3.52. The second kappa shape index (κ2) is 5.38. The van der Waals surface area contributed by atoms with Crippen molar-refractivity contribution in [2.45, 2.75) is 13.0 Å². The monoisotopic (exact) mass is 333 g/mol. The molecule has 0 spiro atoms. The van der Waals surface area contributed by atoms with Gasteiger partial charge in [0.1, 0.15) is 0 Å². The van der Waals surface area contributed by atoms with Crippen molar-refractivity contribution in [1.82, 2.24) is 5.32 Å². The van der Waals surface area contributed by atoms with E-state index in [4.69, 9.17) is 0 Å². The molecule has 0 atom stereocenters. The average molecular weight is 335 g/mol. The molecule has 0 aliphatic carbocycles. The number of alkyl halides is 2. The summed E-state index contributed by atoms with van der Waals surface area (Å²) in [7, 11) is 0. The van der Waals surface area contributed by atoms with Crippen molar-refractivity contribution >= 4 is 43.2 Å². The Kier molecular flexibility index (Phi) is 4.78. The molecule has 1 nitrogen and oxygen atoms in total. The summed E-state index contributed by atoms with van der Waals surface area (Å²) in [5.41, 5.74) is 0.998. The summed E-state index contributed by atoms with van der Waals surface area (Å²) in [6.07, 6.45) is -2.29. The summed E-state index contributed by atoms with van der Waals surface area (Å²) in [4.78, 5) is 0. The van der Waals surface area contributed by atoms with Crippen LogP contribution in [0.1, 0.15) is 5.56 Å². The fraction of sp³-hybridized carbons (Fsp3) is 0.429. The first-order chi connectivity index (χ1) is 6.09. The number of thiophene rings is 1. The Morgan fingerprint density at radius 3 is 2.62 bits per heavy atom. The molecule has 1 rings (SSSR count). The Morgan fingerprint density at radius 2 is 2.15 bits per heavy atom. The predicted octanol–water partition coefficient (Wildman–Crippen LogP) is 3.63. The molecule has 0 aliphatic rings. The molecule has 0 amide bonds. The van der Waals surface area contributed by atoms with Gasteiger partial charge in [0.15, 0.2) is 0 Å². The molecule has 0 fully saturated rings. The molecule has 6 heteroatoms. The van der Waals surface area contributed by atoms with Gasteiger partial charge < -0.3 is 5.32 Å². The molecule has 13 heavy (non-hydrogen) atoms. The van der Waals surface area contributed by atoms with Gasteiger partial charge in [0.05, 0.1) is 14.1 Å². The van der Waals surface area contributed by atoms with Crippen LogP contribution >= 0.6 is 43.2 Å². The number of halogens is 4. The van der Waals surface area contributed by atoms with Crippen molar-refractivity contribution in [2.24, 2.45) is 0 Å². The van der Waals surface area contributed by atoms with Gasteiger partial charge in [-0.2, -0.15) is 0 Å². The molecule has 74 valence electrons. The van der Waals surface area contributed by atoms with E-state index in [-0.39, 0.29) is 6.54 Å². The molecule has 1 heterocycles. The van der Waals surface area contributed by atoms with Gasteiger partial charge in [-0.05, 0) is 43.5 Å². The predicted molar refractivity (Wildman–Crippen MR) is 57.4 cm³/mol. The summed E-state index contributed by atoms with van der Waals surface area (Å²) >= 11 is 8.20. The van der Waals surface area contributed by atoms with Crippen molar-refractivity contribution in [2.75, 3.05) is 6.54 Å². The maximum absolute atomic E-state index is 11.8. The molecular weight excluding hydrogens is 328 g/mol. The molecular formula is C7H7Br2F2NS. The lowest BCUT2D eigenvalue weighted by Gasteiger charge is -2.01. The molecule has 1 aromatic rings. The van der Waals surface area contributed by atoms with Crippen LogP contribution in [0.15, 0.2) is 13.6 Å². The highest BCUT2D eigenvalue weighted by molar-refractivity contribution is 9.12.